The summed E-state index contributed by atoms with van der Waals surface area (Å²) in [5.41, 5.74) is 2.25. The van der Waals surface area contributed by atoms with Gasteiger partial charge in [0.25, 0.3) is 11.1 Å². The number of amides is 3. The van der Waals surface area contributed by atoms with Crippen molar-refractivity contribution >= 4 is 28.8 Å². The van der Waals surface area contributed by atoms with E-state index in [9.17, 15) is 14.4 Å². The Balaban J connectivity index is 1.45. The van der Waals surface area contributed by atoms with Gasteiger partial charge in [-0.3, -0.25) is 14.4 Å². The molecule has 29 heavy (non-hydrogen) atoms. The van der Waals surface area contributed by atoms with E-state index in [1.807, 2.05) is 49.4 Å². The first-order valence-electron chi connectivity index (χ1n) is 9.22. The van der Waals surface area contributed by atoms with Crippen LogP contribution in [0, 0.1) is 6.92 Å². The van der Waals surface area contributed by atoms with E-state index in [0.717, 1.165) is 22.2 Å². The van der Waals surface area contributed by atoms with Crippen LogP contribution in [0.1, 0.15) is 27.7 Å². The van der Waals surface area contributed by atoms with E-state index >= 15 is 0 Å². The number of fused-ring (bicyclic) bond motifs is 1. The summed E-state index contributed by atoms with van der Waals surface area (Å²) in [5, 5.41) is -0.328. The van der Waals surface area contributed by atoms with Crippen LogP contribution >= 0.6 is 11.8 Å². The Morgan fingerprint density at radius 1 is 1.14 bits per heavy atom. The summed E-state index contributed by atoms with van der Waals surface area (Å²) in [6, 6.07) is 14.6. The van der Waals surface area contributed by atoms with Crippen molar-refractivity contribution in [1.82, 2.24) is 9.80 Å². The Labute approximate surface area is 172 Å². The zero-order valence-corrected chi connectivity index (χ0v) is 16.7. The van der Waals surface area contributed by atoms with Crippen molar-refractivity contribution in [1.29, 1.82) is 0 Å². The fourth-order valence-electron chi connectivity index (χ4n) is 3.27. The van der Waals surface area contributed by atoms with Crippen LogP contribution in [0.5, 0.6) is 5.75 Å². The van der Waals surface area contributed by atoms with Gasteiger partial charge in [0.15, 0.2) is 13.0 Å². The average molecular weight is 412 g/mol. The van der Waals surface area contributed by atoms with Crippen LogP contribution in [0.3, 0.4) is 0 Å². The Morgan fingerprint density at radius 3 is 2.66 bits per heavy atom. The van der Waals surface area contributed by atoms with Gasteiger partial charge in [0.05, 0.1) is 17.9 Å². The molecule has 150 valence electrons. The van der Waals surface area contributed by atoms with Crippen molar-refractivity contribution in [2.75, 3.05) is 25.6 Å². The number of hydrogen-bond acceptors (Lipinski definition) is 6. The number of aryl methyl sites for hydroxylation is 1. The van der Waals surface area contributed by atoms with E-state index in [1.54, 1.807) is 11.0 Å². The number of hydrogen-bond donors (Lipinski definition) is 0. The molecule has 0 saturated carbocycles. The molecule has 1 unspecified atom stereocenters. The van der Waals surface area contributed by atoms with Gasteiger partial charge < -0.3 is 14.4 Å². The van der Waals surface area contributed by atoms with E-state index < -0.39 is 6.23 Å². The molecule has 8 heteroatoms. The highest BCUT2D eigenvalue weighted by atomic mass is 32.2. The third kappa shape index (κ3) is 3.99. The minimum absolute atomic E-state index is 0.111. The van der Waals surface area contributed by atoms with Gasteiger partial charge >= 0.3 is 0 Å². The fourth-order valence-corrected chi connectivity index (χ4v) is 3.99. The number of rotatable bonds is 6. The average Bonchev–Trinajstić information content (AvgIpc) is 3.05. The summed E-state index contributed by atoms with van der Waals surface area (Å²) in [4.78, 5) is 39.8. The van der Waals surface area contributed by atoms with Crippen LogP contribution in [-0.4, -0.2) is 52.5 Å². The summed E-state index contributed by atoms with van der Waals surface area (Å²) in [6.45, 7) is 2.50. The molecule has 0 aromatic heterocycles. The second-order valence-corrected chi connectivity index (χ2v) is 7.72. The van der Waals surface area contributed by atoms with Crippen LogP contribution in [-0.2, 0) is 9.53 Å². The number of carbonyl (C=O) groups is 3. The van der Waals surface area contributed by atoms with Gasteiger partial charge in [-0.2, -0.15) is 0 Å². The Kier molecular flexibility index (Phi) is 5.55. The predicted molar refractivity (Wildman–Crippen MR) is 108 cm³/mol. The lowest BCUT2D eigenvalue weighted by atomic mass is 10.1. The number of thioether (sulfide) groups is 1. The van der Waals surface area contributed by atoms with Crippen LogP contribution in [0.4, 0.5) is 4.79 Å². The SMILES string of the molecule is Cc1ccc2c(c1)OCN(CCOC(c1ccccc1)N1C(=O)CSC1=O)C2=O. The molecule has 3 amide bonds. The second kappa shape index (κ2) is 8.26. The highest BCUT2D eigenvalue weighted by molar-refractivity contribution is 8.14. The highest BCUT2D eigenvalue weighted by Crippen LogP contribution is 2.31. The lowest BCUT2D eigenvalue weighted by molar-refractivity contribution is -0.136. The Hall–Kier alpha value is -2.84. The third-order valence-corrected chi connectivity index (χ3v) is 5.61. The smallest absolute Gasteiger partial charge is 0.291 e. The minimum Gasteiger partial charge on any atom is -0.472 e. The van der Waals surface area contributed by atoms with Crippen LogP contribution in [0.2, 0.25) is 0 Å². The van der Waals surface area contributed by atoms with Gasteiger partial charge in [-0.05, 0) is 24.6 Å². The number of benzene rings is 2. The van der Waals surface area contributed by atoms with Gasteiger partial charge in [-0.15, -0.1) is 0 Å². The van der Waals surface area contributed by atoms with Crippen LogP contribution in [0.15, 0.2) is 48.5 Å². The monoisotopic (exact) mass is 412 g/mol. The maximum absolute atomic E-state index is 12.7. The van der Waals surface area contributed by atoms with Crippen molar-refractivity contribution in [3.8, 4) is 5.75 Å². The van der Waals surface area contributed by atoms with E-state index in [-0.39, 0.29) is 42.7 Å². The quantitative estimate of drug-likeness (QED) is 0.725. The molecule has 2 aliphatic heterocycles. The molecule has 0 spiro atoms. The number of nitrogens with zero attached hydrogens (tertiary/aromatic N) is 2. The van der Waals surface area contributed by atoms with Crippen molar-refractivity contribution in [3.63, 3.8) is 0 Å². The first-order valence-corrected chi connectivity index (χ1v) is 10.2. The van der Waals surface area contributed by atoms with Gasteiger partial charge in [0.2, 0.25) is 5.91 Å². The third-order valence-electron chi connectivity index (χ3n) is 4.77. The standard InChI is InChI=1S/C21H20N2O5S/c1-14-7-8-16-17(11-14)28-13-22(19(16)25)9-10-27-20(15-5-3-2-4-6-15)23-18(24)12-29-21(23)26/h2-8,11,20H,9-10,12-13H2,1H3. The van der Waals surface area contributed by atoms with E-state index in [1.165, 1.54) is 0 Å². The summed E-state index contributed by atoms with van der Waals surface area (Å²) in [7, 11) is 0. The lowest BCUT2D eigenvalue weighted by Gasteiger charge is -2.30. The first kappa shape index (κ1) is 19.5. The summed E-state index contributed by atoms with van der Waals surface area (Å²) < 4.78 is 11.6. The van der Waals surface area contributed by atoms with E-state index in [0.29, 0.717) is 16.9 Å². The molecule has 2 heterocycles. The van der Waals surface area contributed by atoms with Crippen molar-refractivity contribution in [2.45, 2.75) is 13.2 Å². The molecule has 1 atom stereocenters. The van der Waals surface area contributed by atoms with Gasteiger partial charge in [-0.1, -0.05) is 48.2 Å². The van der Waals surface area contributed by atoms with Crippen LogP contribution in [0.25, 0.3) is 0 Å². The topological polar surface area (TPSA) is 76.2 Å². The second-order valence-electron chi connectivity index (χ2n) is 6.79. The molecule has 0 bridgehead atoms. The first-order chi connectivity index (χ1) is 14.0. The fraction of sp³-hybridized carbons (Fsp3) is 0.286. The van der Waals surface area contributed by atoms with E-state index in [4.69, 9.17) is 9.47 Å². The Bertz CT molecular complexity index is 933. The number of ether oxygens (including phenoxy) is 2. The minimum atomic E-state index is -0.818. The van der Waals surface area contributed by atoms with Crippen LogP contribution < -0.4 is 4.74 Å². The Morgan fingerprint density at radius 2 is 1.93 bits per heavy atom. The molecule has 4 rings (SSSR count). The molecular weight excluding hydrogens is 392 g/mol. The number of carbonyl (C=O) groups excluding carboxylic acids is 3. The zero-order chi connectivity index (χ0) is 20.4. The van der Waals surface area contributed by atoms with Gasteiger partial charge in [0.1, 0.15) is 5.75 Å². The van der Waals surface area contributed by atoms with Gasteiger partial charge in [-0.25, -0.2) is 4.90 Å². The molecule has 0 radical (unpaired) electrons. The summed E-state index contributed by atoms with van der Waals surface area (Å²) in [6.07, 6.45) is -0.818. The molecule has 2 aliphatic rings. The van der Waals surface area contributed by atoms with E-state index in [2.05, 4.69) is 0 Å². The van der Waals surface area contributed by atoms with Gasteiger partial charge in [0, 0.05) is 12.1 Å². The normalized spacial score (nSPS) is 17.3. The summed E-state index contributed by atoms with van der Waals surface area (Å²) in [5.74, 6) is 0.283. The van der Waals surface area contributed by atoms with Crippen molar-refractivity contribution in [3.05, 3.63) is 65.2 Å². The van der Waals surface area contributed by atoms with Crippen molar-refractivity contribution in [2.24, 2.45) is 0 Å². The molecule has 0 N–H and O–H groups in total. The molecule has 2 aromatic rings. The molecule has 7 nitrogen and oxygen atoms in total. The summed E-state index contributed by atoms with van der Waals surface area (Å²) >= 11 is 0.965. The molecule has 1 fully saturated rings. The predicted octanol–water partition coefficient (Wildman–Crippen LogP) is 3.20. The largest absolute Gasteiger partial charge is 0.472 e. The molecule has 0 aliphatic carbocycles. The zero-order valence-electron chi connectivity index (χ0n) is 15.9. The molecular formula is C21H20N2O5S. The number of imide groups is 1. The highest BCUT2D eigenvalue weighted by Gasteiger charge is 2.37. The maximum atomic E-state index is 12.7. The lowest BCUT2D eigenvalue weighted by Crippen LogP contribution is -2.42. The maximum Gasteiger partial charge on any atom is 0.291 e. The molecule has 1 saturated heterocycles. The van der Waals surface area contributed by atoms with Crippen molar-refractivity contribution < 1.29 is 23.9 Å². The molecule has 2 aromatic carbocycles.